The van der Waals surface area contributed by atoms with Crippen LogP contribution >= 0.6 is 11.5 Å². The summed E-state index contributed by atoms with van der Waals surface area (Å²) in [5.74, 6) is 0.785. The van der Waals surface area contributed by atoms with Crippen LogP contribution in [0.4, 0.5) is 5.13 Å². The van der Waals surface area contributed by atoms with Crippen LogP contribution < -0.4 is 5.32 Å². The van der Waals surface area contributed by atoms with Gasteiger partial charge < -0.3 is 10.4 Å². The highest BCUT2D eigenvalue weighted by Crippen LogP contribution is 2.16. The second-order valence-electron chi connectivity index (χ2n) is 4.21. The van der Waals surface area contributed by atoms with Gasteiger partial charge in [-0.25, -0.2) is 4.98 Å². The summed E-state index contributed by atoms with van der Waals surface area (Å²) in [6.07, 6.45) is 0.686. The summed E-state index contributed by atoms with van der Waals surface area (Å²) in [5, 5.41) is 13.6. The molecule has 1 heterocycles. The van der Waals surface area contributed by atoms with Crippen LogP contribution in [0.3, 0.4) is 0 Å². The molecule has 1 aromatic heterocycles. The van der Waals surface area contributed by atoms with Gasteiger partial charge in [-0.2, -0.15) is 4.37 Å². The molecule has 1 atom stereocenters. The van der Waals surface area contributed by atoms with E-state index in [4.69, 9.17) is 0 Å². The highest BCUT2D eigenvalue weighted by atomic mass is 32.1. The fourth-order valence-corrected chi connectivity index (χ4v) is 2.05. The van der Waals surface area contributed by atoms with Crippen molar-refractivity contribution in [3.05, 3.63) is 5.82 Å². The lowest BCUT2D eigenvalue weighted by Crippen LogP contribution is -2.29. The van der Waals surface area contributed by atoms with Crippen LogP contribution in [0, 0.1) is 6.92 Å². The van der Waals surface area contributed by atoms with Crippen molar-refractivity contribution < 1.29 is 5.11 Å². The van der Waals surface area contributed by atoms with Gasteiger partial charge in [-0.15, -0.1) is 0 Å². The van der Waals surface area contributed by atoms with Gasteiger partial charge in [0.1, 0.15) is 5.82 Å². The number of hydrogen-bond acceptors (Lipinski definition) is 5. The third-order valence-electron chi connectivity index (χ3n) is 1.70. The van der Waals surface area contributed by atoms with Gasteiger partial charge >= 0.3 is 0 Å². The third kappa shape index (κ3) is 4.02. The Morgan fingerprint density at radius 1 is 1.57 bits per heavy atom. The van der Waals surface area contributed by atoms with Crippen LogP contribution in [-0.2, 0) is 0 Å². The lowest BCUT2D eigenvalue weighted by atomic mass is 10.0. The Hall–Kier alpha value is -0.680. The van der Waals surface area contributed by atoms with Crippen LogP contribution in [0.5, 0.6) is 0 Å². The molecule has 0 radical (unpaired) electrons. The molecule has 5 heteroatoms. The van der Waals surface area contributed by atoms with Gasteiger partial charge in [0.05, 0.1) is 5.60 Å². The van der Waals surface area contributed by atoms with E-state index in [9.17, 15) is 5.11 Å². The topological polar surface area (TPSA) is 58.0 Å². The minimum absolute atomic E-state index is 0.197. The van der Waals surface area contributed by atoms with Crippen LogP contribution in [0.25, 0.3) is 0 Å². The fraction of sp³-hybridized carbons (Fsp3) is 0.778. The first-order valence-corrected chi connectivity index (χ1v) is 5.43. The van der Waals surface area contributed by atoms with Crippen LogP contribution in [0.2, 0.25) is 0 Å². The number of aryl methyl sites for hydroxylation is 1. The number of aliphatic hydroxyl groups is 1. The summed E-state index contributed by atoms with van der Waals surface area (Å²) < 4.78 is 4.07. The van der Waals surface area contributed by atoms with E-state index < -0.39 is 5.60 Å². The zero-order valence-electron chi connectivity index (χ0n) is 9.03. The van der Waals surface area contributed by atoms with Crippen molar-refractivity contribution in [1.82, 2.24) is 9.36 Å². The molecule has 80 valence electrons. The number of anilines is 1. The number of nitrogens with zero attached hydrogens (tertiary/aromatic N) is 2. The van der Waals surface area contributed by atoms with E-state index in [0.717, 1.165) is 11.0 Å². The highest BCUT2D eigenvalue weighted by molar-refractivity contribution is 7.09. The van der Waals surface area contributed by atoms with Gasteiger partial charge in [0.25, 0.3) is 0 Å². The molecule has 1 rings (SSSR count). The van der Waals surface area contributed by atoms with Gasteiger partial charge in [-0.3, -0.25) is 0 Å². The zero-order valence-corrected chi connectivity index (χ0v) is 9.85. The molecule has 0 aliphatic carbocycles. The molecular weight excluding hydrogens is 198 g/mol. The number of rotatable bonds is 4. The number of aromatic nitrogens is 2. The maximum atomic E-state index is 9.60. The van der Waals surface area contributed by atoms with Crippen LogP contribution in [-0.4, -0.2) is 26.1 Å². The Bertz CT molecular complexity index is 292. The Kier molecular flexibility index (Phi) is 3.44. The standard InChI is InChI=1S/C9H17N3OS/c1-6(5-9(3,4)13)10-8-11-7(2)12-14-8/h6,13H,5H2,1-4H3,(H,10,11,12). The smallest absolute Gasteiger partial charge is 0.202 e. The van der Waals surface area contributed by atoms with Crippen molar-refractivity contribution in [2.75, 3.05) is 5.32 Å². The lowest BCUT2D eigenvalue weighted by molar-refractivity contribution is 0.0673. The monoisotopic (exact) mass is 215 g/mol. The Balaban J connectivity index is 2.45. The van der Waals surface area contributed by atoms with Crippen molar-refractivity contribution in [3.8, 4) is 0 Å². The fourth-order valence-electron chi connectivity index (χ4n) is 1.37. The third-order valence-corrected chi connectivity index (χ3v) is 2.44. The first kappa shape index (κ1) is 11.4. The predicted molar refractivity (Wildman–Crippen MR) is 58.6 cm³/mol. The lowest BCUT2D eigenvalue weighted by Gasteiger charge is -2.22. The minimum atomic E-state index is -0.647. The second kappa shape index (κ2) is 4.23. The highest BCUT2D eigenvalue weighted by Gasteiger charge is 2.17. The predicted octanol–water partition coefficient (Wildman–Crippen LogP) is 1.81. The molecule has 0 aromatic carbocycles. The van der Waals surface area contributed by atoms with Gasteiger partial charge in [0.15, 0.2) is 0 Å². The molecule has 0 aliphatic heterocycles. The van der Waals surface area contributed by atoms with Gasteiger partial charge in [0.2, 0.25) is 5.13 Å². The average Bonchev–Trinajstić information content (AvgIpc) is 2.30. The molecule has 1 aromatic rings. The second-order valence-corrected chi connectivity index (χ2v) is 4.96. The number of hydrogen-bond donors (Lipinski definition) is 2. The van der Waals surface area contributed by atoms with Gasteiger partial charge in [-0.05, 0) is 34.1 Å². The van der Waals surface area contributed by atoms with Crippen molar-refractivity contribution in [2.45, 2.75) is 45.8 Å². The summed E-state index contributed by atoms with van der Waals surface area (Å²) in [6, 6.07) is 0.197. The number of nitrogens with one attached hydrogen (secondary N) is 1. The molecule has 0 bridgehead atoms. The van der Waals surface area contributed by atoms with Crippen LogP contribution in [0.15, 0.2) is 0 Å². The zero-order chi connectivity index (χ0) is 10.8. The molecule has 1 unspecified atom stereocenters. The summed E-state index contributed by atoms with van der Waals surface area (Å²) in [4.78, 5) is 4.20. The summed E-state index contributed by atoms with van der Waals surface area (Å²) >= 11 is 1.35. The van der Waals surface area contributed by atoms with Gasteiger partial charge in [-0.1, -0.05) is 0 Å². The SMILES string of the molecule is Cc1nsc(NC(C)CC(C)(C)O)n1. The van der Waals surface area contributed by atoms with Crippen molar-refractivity contribution >= 4 is 16.7 Å². The normalized spacial score (nSPS) is 14.1. The molecule has 0 aliphatic rings. The largest absolute Gasteiger partial charge is 0.390 e. The minimum Gasteiger partial charge on any atom is -0.390 e. The first-order valence-electron chi connectivity index (χ1n) is 4.66. The van der Waals surface area contributed by atoms with E-state index in [2.05, 4.69) is 14.7 Å². The molecule has 2 N–H and O–H groups in total. The first-order chi connectivity index (χ1) is 6.37. The Labute approximate surface area is 88.6 Å². The Morgan fingerprint density at radius 2 is 2.21 bits per heavy atom. The van der Waals surface area contributed by atoms with E-state index in [1.807, 2.05) is 13.8 Å². The summed E-state index contributed by atoms with van der Waals surface area (Å²) in [5.41, 5.74) is -0.647. The quantitative estimate of drug-likeness (QED) is 0.804. The van der Waals surface area contributed by atoms with Crippen molar-refractivity contribution in [2.24, 2.45) is 0 Å². The van der Waals surface area contributed by atoms with E-state index in [0.29, 0.717) is 6.42 Å². The summed E-state index contributed by atoms with van der Waals surface area (Å²) in [7, 11) is 0. The summed E-state index contributed by atoms with van der Waals surface area (Å²) in [6.45, 7) is 7.49. The van der Waals surface area contributed by atoms with Crippen molar-refractivity contribution in [3.63, 3.8) is 0 Å². The maximum absolute atomic E-state index is 9.60. The Morgan fingerprint density at radius 3 is 2.64 bits per heavy atom. The molecule has 4 nitrogen and oxygen atoms in total. The molecular formula is C9H17N3OS. The molecule has 0 saturated heterocycles. The maximum Gasteiger partial charge on any atom is 0.202 e. The van der Waals surface area contributed by atoms with E-state index in [1.54, 1.807) is 13.8 Å². The molecule has 0 spiro atoms. The van der Waals surface area contributed by atoms with E-state index in [-0.39, 0.29) is 6.04 Å². The van der Waals surface area contributed by atoms with E-state index in [1.165, 1.54) is 11.5 Å². The molecule has 0 amide bonds. The molecule has 0 fully saturated rings. The average molecular weight is 215 g/mol. The van der Waals surface area contributed by atoms with Crippen molar-refractivity contribution in [1.29, 1.82) is 0 Å². The molecule has 0 saturated carbocycles. The molecule has 14 heavy (non-hydrogen) atoms. The van der Waals surface area contributed by atoms with Gasteiger partial charge in [0, 0.05) is 17.6 Å². The van der Waals surface area contributed by atoms with Crippen LogP contribution in [0.1, 0.15) is 33.0 Å². The van der Waals surface area contributed by atoms with E-state index >= 15 is 0 Å².